The van der Waals surface area contributed by atoms with Crippen molar-refractivity contribution in [3.8, 4) is 0 Å². The average molecular weight is 326 g/mol. The Morgan fingerprint density at radius 3 is 2.59 bits per heavy atom. The normalized spacial score (nSPS) is 26.4. The molecule has 0 aliphatic heterocycles. The van der Waals surface area contributed by atoms with E-state index in [1.807, 2.05) is 33.1 Å². The summed E-state index contributed by atoms with van der Waals surface area (Å²) in [5, 5.41) is 10.5. The van der Waals surface area contributed by atoms with Gasteiger partial charge < -0.3 is 9.84 Å². The first-order valence-corrected chi connectivity index (χ1v) is 8.81. The number of ether oxygens (including phenoxy) is 1. The van der Waals surface area contributed by atoms with Crippen molar-refractivity contribution in [1.82, 2.24) is 0 Å². The second kappa shape index (κ2) is 8.53. The number of Topliss-reactive ketones (excluding diaryl/α,β-unsaturated/α-hetero) is 2. The van der Waals surface area contributed by atoms with Crippen molar-refractivity contribution in [1.29, 1.82) is 0 Å². The minimum Gasteiger partial charge on any atom is -0.497 e. The lowest BCUT2D eigenvalue weighted by Crippen LogP contribution is -2.39. The van der Waals surface area contributed by atoms with E-state index in [2.05, 4.69) is 0 Å². The van der Waals surface area contributed by atoms with Crippen molar-refractivity contribution in [2.24, 2.45) is 11.8 Å². The zero-order valence-electron chi connectivity index (χ0n) is 14.0. The topological polar surface area (TPSA) is 63.6 Å². The number of carbonyl (C=O) groups excluding carboxylic acids is 2. The molecule has 4 nitrogen and oxygen atoms in total. The Kier molecular flexibility index (Phi) is 7.36. The third-order valence-electron chi connectivity index (χ3n) is 4.21. The van der Waals surface area contributed by atoms with Gasteiger partial charge in [-0.15, -0.1) is 11.8 Å². The van der Waals surface area contributed by atoms with Crippen LogP contribution in [0.4, 0.5) is 0 Å². The molecule has 0 fully saturated rings. The summed E-state index contributed by atoms with van der Waals surface area (Å²) in [6, 6.07) is 0. The molecule has 5 heteroatoms. The number of rotatable bonds is 7. The van der Waals surface area contributed by atoms with Gasteiger partial charge in [0.05, 0.1) is 12.0 Å². The smallest absolute Gasteiger partial charge is 0.175 e. The molecule has 0 saturated heterocycles. The molecule has 3 atom stereocenters. The van der Waals surface area contributed by atoms with Crippen molar-refractivity contribution in [2.45, 2.75) is 46.1 Å². The Morgan fingerprint density at radius 2 is 2.09 bits per heavy atom. The highest BCUT2D eigenvalue weighted by Crippen LogP contribution is 2.38. The van der Waals surface area contributed by atoms with Gasteiger partial charge in [-0.25, -0.2) is 0 Å². The number of methoxy groups -OCH3 is 1. The minimum atomic E-state index is -0.786. The number of thioether (sulfide) groups is 1. The maximum Gasteiger partial charge on any atom is 0.175 e. The maximum atomic E-state index is 12.4. The molecular formula is C17H26O4S. The largest absolute Gasteiger partial charge is 0.497 e. The van der Waals surface area contributed by atoms with Crippen molar-refractivity contribution in [3.05, 3.63) is 22.3 Å². The number of carbonyl (C=O) groups is 2. The van der Waals surface area contributed by atoms with Gasteiger partial charge in [0.1, 0.15) is 17.6 Å². The van der Waals surface area contributed by atoms with E-state index in [1.165, 1.54) is 18.9 Å². The molecule has 0 heterocycles. The molecule has 1 rings (SSSR count). The molecule has 0 aromatic carbocycles. The van der Waals surface area contributed by atoms with Gasteiger partial charge in [-0.05, 0) is 19.6 Å². The Balaban J connectivity index is 2.92. The van der Waals surface area contributed by atoms with Crippen LogP contribution < -0.4 is 0 Å². The quantitative estimate of drug-likeness (QED) is 0.728. The highest BCUT2D eigenvalue weighted by Gasteiger charge is 2.40. The molecule has 0 spiro atoms. The molecule has 124 valence electrons. The molecule has 0 bridgehead atoms. The lowest BCUT2D eigenvalue weighted by atomic mass is 9.78. The lowest BCUT2D eigenvalue weighted by Gasteiger charge is -2.34. The molecule has 0 amide bonds. The second-order valence-corrected chi connectivity index (χ2v) is 6.53. The van der Waals surface area contributed by atoms with E-state index in [4.69, 9.17) is 4.74 Å². The fourth-order valence-corrected chi connectivity index (χ4v) is 3.51. The average Bonchev–Trinajstić information content (AvgIpc) is 2.50. The highest BCUT2D eigenvalue weighted by atomic mass is 32.2. The van der Waals surface area contributed by atoms with Gasteiger partial charge in [0.2, 0.25) is 0 Å². The number of allylic oxidation sites excluding steroid dienone is 3. The molecule has 0 aromatic heterocycles. The summed E-state index contributed by atoms with van der Waals surface area (Å²) in [4.78, 5) is 24.4. The second-order valence-electron chi connectivity index (χ2n) is 5.72. The third-order valence-corrected chi connectivity index (χ3v) is 5.02. The fourth-order valence-electron chi connectivity index (χ4n) is 2.72. The van der Waals surface area contributed by atoms with Crippen LogP contribution in [0, 0.1) is 11.8 Å². The number of ketones is 2. The fraction of sp³-hybridized carbons (Fsp3) is 0.647. The Morgan fingerprint density at radius 1 is 1.45 bits per heavy atom. The maximum absolute atomic E-state index is 12.4. The van der Waals surface area contributed by atoms with E-state index in [0.717, 1.165) is 5.57 Å². The summed E-state index contributed by atoms with van der Waals surface area (Å²) < 4.78 is 5.26. The van der Waals surface area contributed by atoms with Crippen molar-refractivity contribution < 1.29 is 19.4 Å². The zero-order valence-corrected chi connectivity index (χ0v) is 14.8. The summed E-state index contributed by atoms with van der Waals surface area (Å²) in [7, 11) is 1.48. The van der Waals surface area contributed by atoms with Crippen molar-refractivity contribution in [2.75, 3.05) is 13.4 Å². The predicted octanol–water partition coefficient (Wildman–Crippen LogP) is 3.11. The molecule has 3 unspecified atom stereocenters. The monoisotopic (exact) mass is 326 g/mol. The van der Waals surface area contributed by atoms with E-state index in [0.29, 0.717) is 29.9 Å². The predicted molar refractivity (Wildman–Crippen MR) is 89.5 cm³/mol. The highest BCUT2D eigenvalue weighted by molar-refractivity contribution is 8.03. The summed E-state index contributed by atoms with van der Waals surface area (Å²) in [5.74, 6) is 0.114. The van der Waals surface area contributed by atoms with Crippen LogP contribution in [-0.2, 0) is 14.3 Å². The van der Waals surface area contributed by atoms with E-state index in [9.17, 15) is 14.7 Å². The van der Waals surface area contributed by atoms with E-state index in [-0.39, 0.29) is 23.4 Å². The van der Waals surface area contributed by atoms with Crippen LogP contribution in [0.15, 0.2) is 22.3 Å². The van der Waals surface area contributed by atoms with Gasteiger partial charge >= 0.3 is 0 Å². The number of aliphatic hydroxyl groups excluding tert-OH is 1. The Bertz CT molecular complexity index is 493. The van der Waals surface area contributed by atoms with Gasteiger partial charge in [0.15, 0.2) is 5.78 Å². The van der Waals surface area contributed by atoms with Crippen LogP contribution in [-0.4, -0.2) is 36.1 Å². The van der Waals surface area contributed by atoms with Crippen LogP contribution in [0.3, 0.4) is 0 Å². The number of aliphatic hydroxyl groups is 1. The van der Waals surface area contributed by atoms with Crippen molar-refractivity contribution >= 4 is 23.3 Å². The number of hydrogen-bond donors (Lipinski definition) is 1. The molecule has 0 saturated carbocycles. The first-order chi connectivity index (χ1) is 10.4. The molecule has 0 radical (unpaired) electrons. The van der Waals surface area contributed by atoms with Crippen LogP contribution in [0.1, 0.15) is 40.0 Å². The molecule has 0 aromatic rings. The van der Waals surface area contributed by atoms with Gasteiger partial charge in [-0.2, -0.15) is 0 Å². The summed E-state index contributed by atoms with van der Waals surface area (Å²) >= 11 is 1.32. The summed E-state index contributed by atoms with van der Waals surface area (Å²) in [6.45, 7) is 5.61. The Hall–Kier alpha value is -1.07. The first-order valence-electron chi connectivity index (χ1n) is 7.59. The summed E-state index contributed by atoms with van der Waals surface area (Å²) in [6.07, 6.45) is 4.51. The van der Waals surface area contributed by atoms with Crippen LogP contribution in [0.5, 0.6) is 0 Å². The van der Waals surface area contributed by atoms with E-state index >= 15 is 0 Å². The van der Waals surface area contributed by atoms with Crippen LogP contribution >= 0.6 is 11.8 Å². The molecule has 1 aliphatic carbocycles. The molecular weight excluding hydrogens is 300 g/mol. The lowest BCUT2D eigenvalue weighted by molar-refractivity contribution is -0.123. The first kappa shape index (κ1) is 19.0. The van der Waals surface area contributed by atoms with Crippen LogP contribution in [0.25, 0.3) is 0 Å². The van der Waals surface area contributed by atoms with E-state index < -0.39 is 6.10 Å². The zero-order chi connectivity index (χ0) is 16.9. The standard InChI is InChI=1S/C17H26O4S/c1-6-12(18)9-10(2)7-8-13-11(3)14(19)17(22-5)16(21-4)15(13)20/h7,11,13,15,20H,6,8-9H2,1-5H3. The Labute approximate surface area is 137 Å². The van der Waals surface area contributed by atoms with Gasteiger partial charge in [-0.1, -0.05) is 25.5 Å². The molecule has 1 aliphatic rings. The summed E-state index contributed by atoms with van der Waals surface area (Å²) in [5.41, 5.74) is 0.984. The van der Waals surface area contributed by atoms with Crippen molar-refractivity contribution in [3.63, 3.8) is 0 Å². The van der Waals surface area contributed by atoms with Gasteiger partial charge in [-0.3, -0.25) is 9.59 Å². The SMILES string of the molecule is CCC(=O)CC(C)=CCC1C(C)C(=O)C(SC)=C(OC)C1O. The van der Waals surface area contributed by atoms with E-state index in [1.54, 1.807) is 0 Å². The molecule has 1 N–H and O–H groups in total. The van der Waals surface area contributed by atoms with Crippen LogP contribution in [0.2, 0.25) is 0 Å². The number of hydrogen-bond acceptors (Lipinski definition) is 5. The minimum absolute atomic E-state index is 0.0235. The van der Waals surface area contributed by atoms with Gasteiger partial charge in [0, 0.05) is 24.7 Å². The third kappa shape index (κ3) is 4.23. The van der Waals surface area contributed by atoms with Gasteiger partial charge in [0.25, 0.3) is 0 Å². The molecule has 22 heavy (non-hydrogen) atoms.